The first kappa shape index (κ1) is 16.9. The lowest BCUT2D eigenvalue weighted by atomic mass is 9.99. The van der Waals surface area contributed by atoms with E-state index in [-0.39, 0.29) is 18.2 Å². The van der Waals surface area contributed by atoms with Crippen molar-refractivity contribution in [3.63, 3.8) is 0 Å². The van der Waals surface area contributed by atoms with Crippen LogP contribution in [0.1, 0.15) is 30.9 Å². The number of carbonyl (C=O) groups is 1. The van der Waals surface area contributed by atoms with Crippen LogP contribution in [0.15, 0.2) is 12.1 Å². The fourth-order valence-electron chi connectivity index (χ4n) is 3.43. The minimum absolute atomic E-state index is 0.0292. The zero-order chi connectivity index (χ0) is 17.1. The van der Waals surface area contributed by atoms with E-state index in [0.717, 1.165) is 37.2 Å². The molecule has 0 bridgehead atoms. The molecule has 0 spiro atoms. The first-order valence-electron chi connectivity index (χ1n) is 8.53. The minimum Gasteiger partial charge on any atom is -0.493 e. The van der Waals surface area contributed by atoms with E-state index in [1.165, 1.54) is 5.56 Å². The van der Waals surface area contributed by atoms with Crippen molar-refractivity contribution in [2.75, 3.05) is 27.4 Å². The van der Waals surface area contributed by atoms with Crippen LogP contribution in [0.25, 0.3) is 0 Å². The van der Waals surface area contributed by atoms with E-state index in [2.05, 4.69) is 5.32 Å². The SMILES string of the molecule is COc1cc2c(cc1OC)CN(C(=O)N[C@H](C)[C@@H]1CCCO1)CC2. The standard InChI is InChI=1S/C18H26N2O4/c1-12(15-5-4-8-24-15)19-18(21)20-7-6-13-9-16(22-2)17(23-3)10-14(13)11-20/h9-10,12,15H,4-8,11H2,1-3H3,(H,19,21)/t12-,15+/m1/s1. The number of urea groups is 1. The molecule has 2 atom stereocenters. The maximum Gasteiger partial charge on any atom is 0.318 e. The van der Waals surface area contributed by atoms with E-state index in [9.17, 15) is 4.79 Å². The van der Waals surface area contributed by atoms with Crippen LogP contribution in [0.2, 0.25) is 0 Å². The number of nitrogens with one attached hydrogen (secondary N) is 1. The lowest BCUT2D eigenvalue weighted by molar-refractivity contribution is 0.0829. The van der Waals surface area contributed by atoms with Crippen LogP contribution in [-0.2, 0) is 17.7 Å². The molecule has 0 aliphatic carbocycles. The maximum absolute atomic E-state index is 12.6. The summed E-state index contributed by atoms with van der Waals surface area (Å²) < 4.78 is 16.4. The van der Waals surface area contributed by atoms with Gasteiger partial charge in [-0.1, -0.05) is 0 Å². The topological polar surface area (TPSA) is 60.0 Å². The lowest BCUT2D eigenvalue weighted by Gasteiger charge is -2.31. The molecule has 132 valence electrons. The average molecular weight is 334 g/mol. The van der Waals surface area contributed by atoms with Crippen molar-refractivity contribution < 1.29 is 19.0 Å². The largest absolute Gasteiger partial charge is 0.493 e. The lowest BCUT2D eigenvalue weighted by Crippen LogP contribution is -2.49. The molecule has 1 aromatic carbocycles. The highest BCUT2D eigenvalue weighted by Crippen LogP contribution is 2.33. The van der Waals surface area contributed by atoms with E-state index in [4.69, 9.17) is 14.2 Å². The molecule has 2 amide bonds. The van der Waals surface area contributed by atoms with Gasteiger partial charge >= 0.3 is 6.03 Å². The third-order valence-corrected chi connectivity index (χ3v) is 4.88. The summed E-state index contributed by atoms with van der Waals surface area (Å²) in [5, 5.41) is 3.08. The van der Waals surface area contributed by atoms with Gasteiger partial charge in [0.25, 0.3) is 0 Å². The molecule has 0 radical (unpaired) electrons. The normalized spacial score (nSPS) is 21.1. The zero-order valence-corrected chi connectivity index (χ0v) is 14.6. The van der Waals surface area contributed by atoms with Gasteiger partial charge in [-0.05, 0) is 49.4 Å². The highest BCUT2D eigenvalue weighted by molar-refractivity contribution is 5.75. The molecule has 0 unspecified atom stereocenters. The average Bonchev–Trinajstić information content (AvgIpc) is 3.14. The summed E-state index contributed by atoms with van der Waals surface area (Å²) in [6.07, 6.45) is 3.04. The summed E-state index contributed by atoms with van der Waals surface area (Å²) in [6.45, 7) is 4.09. The number of amides is 2. The number of hydrogen-bond donors (Lipinski definition) is 1. The van der Waals surface area contributed by atoms with Crippen LogP contribution in [0.4, 0.5) is 4.79 Å². The molecule has 1 N–H and O–H groups in total. The van der Waals surface area contributed by atoms with Crippen molar-refractivity contribution in [1.29, 1.82) is 0 Å². The number of nitrogens with zero attached hydrogens (tertiary/aromatic N) is 1. The monoisotopic (exact) mass is 334 g/mol. The van der Waals surface area contributed by atoms with Crippen molar-refractivity contribution in [3.8, 4) is 11.5 Å². The number of ether oxygens (including phenoxy) is 3. The van der Waals surface area contributed by atoms with Gasteiger partial charge < -0.3 is 24.4 Å². The molecule has 6 nitrogen and oxygen atoms in total. The Morgan fingerprint density at radius 3 is 2.62 bits per heavy atom. The molecule has 0 aromatic heterocycles. The highest BCUT2D eigenvalue weighted by Gasteiger charge is 2.27. The summed E-state index contributed by atoms with van der Waals surface area (Å²) in [6, 6.07) is 3.99. The predicted octanol–water partition coefficient (Wildman–Crippen LogP) is 2.34. The van der Waals surface area contributed by atoms with E-state index >= 15 is 0 Å². The van der Waals surface area contributed by atoms with Crippen molar-refractivity contribution in [3.05, 3.63) is 23.3 Å². The molecule has 2 aliphatic heterocycles. The van der Waals surface area contributed by atoms with Crippen molar-refractivity contribution in [2.45, 2.75) is 44.9 Å². The molecule has 6 heteroatoms. The zero-order valence-electron chi connectivity index (χ0n) is 14.6. The van der Waals surface area contributed by atoms with Gasteiger partial charge in [0.1, 0.15) is 0 Å². The molecule has 1 saturated heterocycles. The van der Waals surface area contributed by atoms with Gasteiger partial charge in [0.2, 0.25) is 0 Å². The molecule has 24 heavy (non-hydrogen) atoms. The van der Waals surface area contributed by atoms with Gasteiger partial charge in [-0.2, -0.15) is 0 Å². The smallest absolute Gasteiger partial charge is 0.318 e. The van der Waals surface area contributed by atoms with Crippen molar-refractivity contribution >= 4 is 6.03 Å². The number of methoxy groups -OCH3 is 2. The van der Waals surface area contributed by atoms with Gasteiger partial charge in [0.15, 0.2) is 11.5 Å². The Morgan fingerprint density at radius 2 is 2.00 bits per heavy atom. The Bertz CT molecular complexity index is 599. The molecule has 2 heterocycles. The summed E-state index contributed by atoms with van der Waals surface area (Å²) in [5.41, 5.74) is 2.32. The van der Waals surface area contributed by atoms with Crippen LogP contribution < -0.4 is 14.8 Å². The minimum atomic E-state index is -0.0292. The van der Waals surface area contributed by atoms with Gasteiger partial charge in [0, 0.05) is 19.7 Å². The fraction of sp³-hybridized carbons (Fsp3) is 0.611. The Balaban J connectivity index is 1.66. The number of fused-ring (bicyclic) bond motifs is 1. The second kappa shape index (κ2) is 7.30. The molecule has 2 aliphatic rings. The maximum atomic E-state index is 12.6. The quantitative estimate of drug-likeness (QED) is 0.918. The Kier molecular flexibility index (Phi) is 5.14. The Morgan fingerprint density at radius 1 is 1.29 bits per heavy atom. The molecule has 1 aromatic rings. The first-order valence-corrected chi connectivity index (χ1v) is 8.53. The van der Waals surface area contributed by atoms with Crippen LogP contribution in [0, 0.1) is 0 Å². The van der Waals surface area contributed by atoms with E-state index in [1.807, 2.05) is 24.0 Å². The second-order valence-corrected chi connectivity index (χ2v) is 6.44. The molecular weight excluding hydrogens is 308 g/mol. The van der Waals surface area contributed by atoms with Crippen LogP contribution in [0.3, 0.4) is 0 Å². The van der Waals surface area contributed by atoms with Crippen LogP contribution in [0.5, 0.6) is 11.5 Å². The van der Waals surface area contributed by atoms with Crippen molar-refractivity contribution in [1.82, 2.24) is 10.2 Å². The number of hydrogen-bond acceptors (Lipinski definition) is 4. The van der Waals surface area contributed by atoms with E-state index in [1.54, 1.807) is 14.2 Å². The third kappa shape index (κ3) is 3.43. The van der Waals surface area contributed by atoms with Gasteiger partial charge in [0.05, 0.1) is 26.4 Å². The Hall–Kier alpha value is -1.95. The molecule has 1 fully saturated rings. The molecule has 0 saturated carbocycles. The van der Waals surface area contributed by atoms with Crippen LogP contribution in [-0.4, -0.2) is 50.4 Å². The highest BCUT2D eigenvalue weighted by atomic mass is 16.5. The van der Waals surface area contributed by atoms with Gasteiger partial charge in [-0.15, -0.1) is 0 Å². The number of carbonyl (C=O) groups excluding carboxylic acids is 1. The predicted molar refractivity (Wildman–Crippen MR) is 90.6 cm³/mol. The summed E-state index contributed by atoms with van der Waals surface area (Å²) in [5.74, 6) is 1.44. The van der Waals surface area contributed by atoms with Crippen LogP contribution >= 0.6 is 0 Å². The van der Waals surface area contributed by atoms with E-state index in [0.29, 0.717) is 18.8 Å². The first-order chi connectivity index (χ1) is 11.6. The summed E-state index contributed by atoms with van der Waals surface area (Å²) >= 11 is 0. The van der Waals surface area contributed by atoms with Gasteiger partial charge in [-0.3, -0.25) is 0 Å². The number of benzene rings is 1. The van der Waals surface area contributed by atoms with E-state index < -0.39 is 0 Å². The molecule has 3 rings (SSSR count). The summed E-state index contributed by atoms with van der Waals surface area (Å²) in [4.78, 5) is 14.4. The van der Waals surface area contributed by atoms with Crippen molar-refractivity contribution in [2.24, 2.45) is 0 Å². The number of rotatable bonds is 4. The van der Waals surface area contributed by atoms with Gasteiger partial charge in [-0.25, -0.2) is 4.79 Å². The third-order valence-electron chi connectivity index (χ3n) is 4.88. The Labute approximate surface area is 143 Å². The molecular formula is C18H26N2O4. The second-order valence-electron chi connectivity index (χ2n) is 6.44. The fourth-order valence-corrected chi connectivity index (χ4v) is 3.43. The summed E-state index contributed by atoms with van der Waals surface area (Å²) in [7, 11) is 3.26.